The molecule has 2 nitrogen and oxygen atoms in total. The molecule has 2 aliphatic rings. The van der Waals surface area contributed by atoms with Crippen LogP contribution in [0.3, 0.4) is 0 Å². The van der Waals surface area contributed by atoms with Gasteiger partial charge in [-0.25, -0.2) is 0 Å². The van der Waals surface area contributed by atoms with E-state index in [0.29, 0.717) is 0 Å². The number of hydrogen-bond acceptors (Lipinski definition) is 3. The first kappa shape index (κ1) is 12.2. The molecule has 1 N–H and O–H groups in total. The number of likely N-dealkylation sites (tertiary alicyclic amines) is 1. The maximum Gasteiger partial charge on any atom is 0.0331 e. The fourth-order valence-corrected chi connectivity index (χ4v) is 4.89. The van der Waals surface area contributed by atoms with Gasteiger partial charge < -0.3 is 5.32 Å². The van der Waals surface area contributed by atoms with Crippen LogP contribution < -0.4 is 5.32 Å². The van der Waals surface area contributed by atoms with E-state index in [2.05, 4.69) is 46.1 Å². The molecule has 3 heterocycles. The Bertz CT molecular complexity index is 398. The van der Waals surface area contributed by atoms with Crippen LogP contribution >= 0.6 is 27.3 Å². The van der Waals surface area contributed by atoms with Crippen molar-refractivity contribution < 1.29 is 0 Å². The van der Waals surface area contributed by atoms with Crippen LogP contribution in [0.1, 0.15) is 16.7 Å². The van der Waals surface area contributed by atoms with Gasteiger partial charge in [0, 0.05) is 33.4 Å². The lowest BCUT2D eigenvalue weighted by Crippen LogP contribution is -2.32. The minimum atomic E-state index is 0.733. The van der Waals surface area contributed by atoms with E-state index in [-0.39, 0.29) is 0 Å². The van der Waals surface area contributed by atoms with Crippen molar-refractivity contribution in [2.75, 3.05) is 19.6 Å². The van der Waals surface area contributed by atoms with E-state index in [9.17, 15) is 0 Å². The van der Waals surface area contributed by atoms with Crippen molar-refractivity contribution >= 4 is 27.3 Å². The quantitative estimate of drug-likeness (QED) is 0.903. The van der Waals surface area contributed by atoms with Gasteiger partial charge in [-0.05, 0) is 60.8 Å². The number of thiophene rings is 1. The summed E-state index contributed by atoms with van der Waals surface area (Å²) in [5.74, 6) is 1.76. The molecule has 1 aromatic heterocycles. The lowest BCUT2D eigenvalue weighted by molar-refractivity contribution is 0.233. The molecule has 94 valence electrons. The van der Waals surface area contributed by atoms with Crippen LogP contribution in [-0.4, -0.2) is 30.6 Å². The Morgan fingerprint density at radius 3 is 3.00 bits per heavy atom. The monoisotopic (exact) mass is 314 g/mol. The minimum absolute atomic E-state index is 0.733. The summed E-state index contributed by atoms with van der Waals surface area (Å²) in [5.41, 5.74) is 0. The highest BCUT2D eigenvalue weighted by atomic mass is 79.9. The van der Waals surface area contributed by atoms with Crippen molar-refractivity contribution in [3.63, 3.8) is 0 Å². The molecule has 3 atom stereocenters. The zero-order valence-corrected chi connectivity index (χ0v) is 12.8. The lowest BCUT2D eigenvalue weighted by atomic mass is 9.95. The van der Waals surface area contributed by atoms with Gasteiger partial charge in [-0.1, -0.05) is 0 Å². The molecule has 0 bridgehead atoms. The van der Waals surface area contributed by atoms with Gasteiger partial charge in [-0.3, -0.25) is 4.90 Å². The Hall–Kier alpha value is 0.100. The summed E-state index contributed by atoms with van der Waals surface area (Å²) in [7, 11) is 0. The van der Waals surface area contributed by atoms with Crippen molar-refractivity contribution in [1.29, 1.82) is 0 Å². The standard InChI is InChI=1S/C13H19BrN2S/c1-8-12-5-15-4-10(12)6-16(8)7-11-3-13(14)9(2)17-11/h3,8,10,12,15H,4-7H2,1-2H3. The summed E-state index contributed by atoms with van der Waals surface area (Å²) in [6, 6.07) is 3.02. The van der Waals surface area contributed by atoms with Gasteiger partial charge in [-0.2, -0.15) is 0 Å². The third-order valence-electron chi connectivity index (χ3n) is 4.32. The van der Waals surface area contributed by atoms with Crippen LogP contribution in [0.15, 0.2) is 10.5 Å². The number of halogens is 1. The molecule has 2 saturated heterocycles. The molecule has 2 fully saturated rings. The van der Waals surface area contributed by atoms with Gasteiger partial charge in [0.2, 0.25) is 0 Å². The number of nitrogens with zero attached hydrogens (tertiary/aromatic N) is 1. The van der Waals surface area contributed by atoms with Crippen LogP contribution in [0.4, 0.5) is 0 Å². The Morgan fingerprint density at radius 2 is 2.35 bits per heavy atom. The second kappa shape index (κ2) is 4.65. The van der Waals surface area contributed by atoms with Gasteiger partial charge >= 0.3 is 0 Å². The normalized spacial score (nSPS) is 33.2. The molecule has 0 spiro atoms. The van der Waals surface area contributed by atoms with Crippen molar-refractivity contribution in [3.8, 4) is 0 Å². The van der Waals surface area contributed by atoms with E-state index in [1.807, 2.05) is 11.3 Å². The van der Waals surface area contributed by atoms with Crippen molar-refractivity contribution in [2.24, 2.45) is 11.8 Å². The molecule has 0 amide bonds. The van der Waals surface area contributed by atoms with Gasteiger partial charge in [0.05, 0.1) is 0 Å². The molecule has 3 unspecified atom stereocenters. The van der Waals surface area contributed by atoms with Crippen LogP contribution in [0, 0.1) is 18.8 Å². The molecule has 4 heteroatoms. The summed E-state index contributed by atoms with van der Waals surface area (Å²) in [5, 5.41) is 3.52. The van der Waals surface area contributed by atoms with Gasteiger partial charge in [0.1, 0.15) is 0 Å². The van der Waals surface area contributed by atoms with E-state index in [4.69, 9.17) is 0 Å². The number of aryl methyl sites for hydroxylation is 1. The molecule has 1 aromatic rings. The Kier molecular flexibility index (Phi) is 3.32. The molecular formula is C13H19BrN2S. The molecule has 0 aliphatic carbocycles. The van der Waals surface area contributed by atoms with E-state index in [1.54, 1.807) is 0 Å². The highest BCUT2D eigenvalue weighted by Gasteiger charge is 2.41. The Morgan fingerprint density at radius 1 is 1.53 bits per heavy atom. The topological polar surface area (TPSA) is 15.3 Å². The smallest absolute Gasteiger partial charge is 0.0331 e. The minimum Gasteiger partial charge on any atom is -0.316 e. The van der Waals surface area contributed by atoms with Gasteiger partial charge in [0.15, 0.2) is 0 Å². The molecular weight excluding hydrogens is 296 g/mol. The van der Waals surface area contributed by atoms with E-state index in [0.717, 1.165) is 24.4 Å². The first-order valence-corrected chi connectivity index (χ1v) is 7.95. The zero-order chi connectivity index (χ0) is 12.0. The molecule has 17 heavy (non-hydrogen) atoms. The number of rotatable bonds is 2. The second-order valence-electron chi connectivity index (χ2n) is 5.37. The highest BCUT2D eigenvalue weighted by Crippen LogP contribution is 2.35. The summed E-state index contributed by atoms with van der Waals surface area (Å²) in [6.07, 6.45) is 0. The largest absolute Gasteiger partial charge is 0.316 e. The Balaban J connectivity index is 1.70. The molecule has 3 rings (SSSR count). The lowest BCUT2D eigenvalue weighted by Gasteiger charge is -2.23. The maximum atomic E-state index is 3.61. The third-order valence-corrected chi connectivity index (χ3v) is 6.45. The van der Waals surface area contributed by atoms with Crippen LogP contribution in [0.5, 0.6) is 0 Å². The van der Waals surface area contributed by atoms with E-state index < -0.39 is 0 Å². The van der Waals surface area contributed by atoms with Crippen LogP contribution in [0.2, 0.25) is 0 Å². The molecule has 0 radical (unpaired) electrons. The average molecular weight is 315 g/mol. The summed E-state index contributed by atoms with van der Waals surface area (Å²) in [4.78, 5) is 5.55. The van der Waals surface area contributed by atoms with Crippen molar-refractivity contribution in [1.82, 2.24) is 10.2 Å². The number of nitrogens with one attached hydrogen (secondary N) is 1. The summed E-state index contributed by atoms with van der Waals surface area (Å²) in [6.45, 7) is 9.42. The van der Waals surface area contributed by atoms with Gasteiger partial charge in [0.25, 0.3) is 0 Å². The molecule has 0 aromatic carbocycles. The predicted molar refractivity (Wildman–Crippen MR) is 76.5 cm³/mol. The fourth-order valence-electron chi connectivity index (χ4n) is 3.26. The predicted octanol–water partition coefficient (Wildman–Crippen LogP) is 2.86. The third kappa shape index (κ3) is 2.21. The van der Waals surface area contributed by atoms with Crippen LogP contribution in [-0.2, 0) is 6.54 Å². The first-order chi connectivity index (χ1) is 8.15. The maximum absolute atomic E-state index is 3.61. The summed E-state index contributed by atoms with van der Waals surface area (Å²) < 4.78 is 1.27. The first-order valence-electron chi connectivity index (χ1n) is 6.34. The van der Waals surface area contributed by atoms with Crippen molar-refractivity contribution in [2.45, 2.75) is 26.4 Å². The highest BCUT2D eigenvalue weighted by molar-refractivity contribution is 9.10. The number of hydrogen-bond donors (Lipinski definition) is 1. The van der Waals surface area contributed by atoms with Crippen LogP contribution in [0.25, 0.3) is 0 Å². The number of fused-ring (bicyclic) bond motifs is 1. The fraction of sp³-hybridized carbons (Fsp3) is 0.692. The molecule has 2 aliphatic heterocycles. The average Bonchev–Trinajstić information content (AvgIpc) is 2.91. The van der Waals surface area contributed by atoms with E-state index >= 15 is 0 Å². The molecule has 0 saturated carbocycles. The zero-order valence-electron chi connectivity index (χ0n) is 10.4. The second-order valence-corrected chi connectivity index (χ2v) is 7.56. The Labute approximate surface area is 116 Å². The van der Waals surface area contributed by atoms with Gasteiger partial charge in [-0.15, -0.1) is 11.3 Å². The SMILES string of the molecule is Cc1sc(CN2CC3CNCC3C2C)cc1Br. The van der Waals surface area contributed by atoms with E-state index in [1.165, 1.54) is 33.9 Å². The van der Waals surface area contributed by atoms with Crippen molar-refractivity contribution in [3.05, 3.63) is 20.3 Å². The summed E-state index contributed by atoms with van der Waals surface area (Å²) >= 11 is 5.54.